The highest BCUT2D eigenvalue weighted by atomic mass is 79.9. The zero-order valence-electron chi connectivity index (χ0n) is 21.1. The SMILES string of the molecule is CCOC(=O)C1=C(O)/C(=C/c2cc(Br)c(OCc3cccc4ccccc34)c(OC)c2)SC1=NC(=O)CC. The van der Waals surface area contributed by atoms with Crippen molar-refractivity contribution in [2.45, 2.75) is 26.9 Å². The minimum atomic E-state index is -0.737. The predicted molar refractivity (Wildman–Crippen MR) is 154 cm³/mol. The molecule has 1 aliphatic rings. The maximum absolute atomic E-state index is 12.5. The number of hydrogen-bond donors (Lipinski definition) is 1. The number of carbonyl (C=O) groups is 2. The van der Waals surface area contributed by atoms with Gasteiger partial charge in [0.25, 0.3) is 0 Å². The third kappa shape index (κ3) is 5.95. The van der Waals surface area contributed by atoms with E-state index in [9.17, 15) is 14.7 Å². The molecule has 4 rings (SSSR count). The average Bonchev–Trinajstić information content (AvgIpc) is 3.21. The number of thioether (sulfide) groups is 1. The standard InChI is InChI=1S/C29H26BrNO6S/c1-4-24(32)31-28-25(29(34)36-5-2)26(33)23(38-28)15-17-13-21(30)27(22(14-17)35-3)37-16-19-11-8-10-18-9-6-7-12-20(18)19/h6-15,33H,4-5,16H2,1-3H3/b23-15-,31-28?. The Hall–Kier alpha value is -3.56. The van der Waals surface area contributed by atoms with Gasteiger partial charge in [-0.1, -0.05) is 61.2 Å². The van der Waals surface area contributed by atoms with Gasteiger partial charge in [-0.25, -0.2) is 9.79 Å². The normalized spacial score (nSPS) is 15.4. The Morgan fingerprint density at radius 3 is 2.61 bits per heavy atom. The molecular weight excluding hydrogens is 570 g/mol. The maximum Gasteiger partial charge on any atom is 0.344 e. The molecule has 1 aliphatic heterocycles. The van der Waals surface area contributed by atoms with E-state index in [1.807, 2.05) is 30.3 Å². The lowest BCUT2D eigenvalue weighted by Crippen LogP contribution is -2.14. The molecule has 3 aromatic carbocycles. The summed E-state index contributed by atoms with van der Waals surface area (Å²) in [6, 6.07) is 17.8. The Balaban J connectivity index is 1.65. The average molecular weight is 596 g/mol. The molecule has 196 valence electrons. The number of amides is 1. The maximum atomic E-state index is 12.5. The first-order chi connectivity index (χ1) is 18.4. The molecule has 1 amide bonds. The predicted octanol–water partition coefficient (Wildman–Crippen LogP) is 6.99. The molecule has 0 atom stereocenters. The van der Waals surface area contributed by atoms with Crippen LogP contribution in [0.4, 0.5) is 0 Å². The first-order valence-electron chi connectivity index (χ1n) is 11.9. The number of benzene rings is 3. The molecule has 38 heavy (non-hydrogen) atoms. The van der Waals surface area contributed by atoms with E-state index >= 15 is 0 Å². The number of methoxy groups -OCH3 is 1. The molecule has 0 aromatic heterocycles. The fourth-order valence-electron chi connectivity index (χ4n) is 3.87. The number of halogens is 1. The smallest absolute Gasteiger partial charge is 0.344 e. The van der Waals surface area contributed by atoms with E-state index in [1.54, 1.807) is 33.1 Å². The van der Waals surface area contributed by atoms with Gasteiger partial charge in [0, 0.05) is 6.42 Å². The highest BCUT2D eigenvalue weighted by Gasteiger charge is 2.33. The molecule has 0 aliphatic carbocycles. The van der Waals surface area contributed by atoms with Crippen LogP contribution in [0.3, 0.4) is 0 Å². The van der Waals surface area contributed by atoms with Crippen LogP contribution in [-0.2, 0) is 20.9 Å². The molecular formula is C29H26BrNO6S. The van der Waals surface area contributed by atoms with Crippen molar-refractivity contribution in [3.63, 3.8) is 0 Å². The summed E-state index contributed by atoms with van der Waals surface area (Å²) in [6.07, 6.45) is 1.85. The molecule has 7 nitrogen and oxygen atoms in total. The molecule has 0 saturated carbocycles. The van der Waals surface area contributed by atoms with E-state index in [1.165, 1.54) is 0 Å². The van der Waals surface area contributed by atoms with Crippen LogP contribution in [0.2, 0.25) is 0 Å². The summed E-state index contributed by atoms with van der Waals surface area (Å²) >= 11 is 4.61. The van der Waals surface area contributed by atoms with Crippen molar-refractivity contribution in [2.75, 3.05) is 13.7 Å². The number of fused-ring (bicyclic) bond motifs is 1. The zero-order chi connectivity index (χ0) is 27.2. The van der Waals surface area contributed by atoms with Crippen LogP contribution in [0, 0.1) is 0 Å². The van der Waals surface area contributed by atoms with E-state index in [0.29, 0.717) is 33.0 Å². The lowest BCUT2D eigenvalue weighted by molar-refractivity contribution is -0.138. The molecule has 1 heterocycles. The van der Waals surface area contributed by atoms with Crippen molar-refractivity contribution < 1.29 is 28.9 Å². The largest absolute Gasteiger partial charge is 0.506 e. The van der Waals surface area contributed by atoms with Gasteiger partial charge in [0.05, 0.1) is 23.1 Å². The highest BCUT2D eigenvalue weighted by Crippen LogP contribution is 2.42. The van der Waals surface area contributed by atoms with E-state index in [4.69, 9.17) is 14.2 Å². The molecule has 1 N–H and O–H groups in total. The van der Waals surface area contributed by atoms with Gasteiger partial charge in [-0.2, -0.15) is 0 Å². The molecule has 3 aromatic rings. The fourth-order valence-corrected chi connectivity index (χ4v) is 5.47. The Morgan fingerprint density at radius 2 is 1.87 bits per heavy atom. The number of aliphatic hydroxyl groups excluding tert-OH is 1. The van der Waals surface area contributed by atoms with Crippen molar-refractivity contribution in [3.05, 3.63) is 86.4 Å². The first kappa shape index (κ1) is 27.5. The Labute approximate surface area is 233 Å². The monoisotopic (exact) mass is 595 g/mol. The van der Waals surface area contributed by atoms with Crippen LogP contribution < -0.4 is 9.47 Å². The van der Waals surface area contributed by atoms with Crippen LogP contribution in [0.5, 0.6) is 11.5 Å². The molecule has 0 radical (unpaired) electrons. The van der Waals surface area contributed by atoms with E-state index in [0.717, 1.165) is 28.1 Å². The Kier molecular flexibility index (Phi) is 8.91. The second-order valence-corrected chi connectivity index (χ2v) is 10.1. The topological polar surface area (TPSA) is 94.4 Å². The number of rotatable bonds is 8. The van der Waals surface area contributed by atoms with E-state index < -0.39 is 11.9 Å². The van der Waals surface area contributed by atoms with Gasteiger partial charge in [0.15, 0.2) is 11.5 Å². The summed E-state index contributed by atoms with van der Waals surface area (Å²) in [5.74, 6) is -0.412. The number of esters is 1. The van der Waals surface area contributed by atoms with Crippen LogP contribution in [0.1, 0.15) is 31.4 Å². The van der Waals surface area contributed by atoms with Gasteiger partial charge in [-0.3, -0.25) is 4.79 Å². The van der Waals surface area contributed by atoms with Crippen LogP contribution >= 0.6 is 27.7 Å². The molecule has 0 saturated heterocycles. The summed E-state index contributed by atoms with van der Waals surface area (Å²) < 4.78 is 17.5. The van der Waals surface area contributed by atoms with Crippen molar-refractivity contribution in [1.29, 1.82) is 0 Å². The lowest BCUT2D eigenvalue weighted by atomic mass is 10.1. The van der Waals surface area contributed by atoms with Gasteiger partial charge in [-0.15, -0.1) is 0 Å². The van der Waals surface area contributed by atoms with Crippen molar-refractivity contribution >= 4 is 61.5 Å². The third-order valence-corrected chi connectivity index (χ3v) is 7.31. The van der Waals surface area contributed by atoms with Crippen LogP contribution in [-0.4, -0.2) is 35.7 Å². The number of hydrogen-bond acceptors (Lipinski definition) is 7. The van der Waals surface area contributed by atoms with Crippen molar-refractivity contribution in [3.8, 4) is 11.5 Å². The second-order valence-electron chi connectivity index (χ2n) is 8.18. The quantitative estimate of drug-likeness (QED) is 0.280. The van der Waals surface area contributed by atoms with Crippen LogP contribution in [0.15, 0.2) is 80.3 Å². The number of aliphatic hydroxyl groups is 1. The Bertz CT molecular complexity index is 1490. The number of nitrogens with zero attached hydrogens (tertiary/aromatic N) is 1. The second kappa shape index (κ2) is 12.3. The van der Waals surface area contributed by atoms with Gasteiger partial charge in [0.1, 0.15) is 23.0 Å². The minimum absolute atomic E-state index is 0.111. The lowest BCUT2D eigenvalue weighted by Gasteiger charge is -2.15. The van der Waals surface area contributed by atoms with Gasteiger partial charge in [0.2, 0.25) is 5.91 Å². The molecule has 9 heteroatoms. The summed E-state index contributed by atoms with van der Waals surface area (Å²) in [6.45, 7) is 3.79. The van der Waals surface area contributed by atoms with Crippen molar-refractivity contribution in [1.82, 2.24) is 0 Å². The minimum Gasteiger partial charge on any atom is -0.506 e. The van der Waals surface area contributed by atoms with Crippen LogP contribution in [0.25, 0.3) is 16.8 Å². The summed E-state index contributed by atoms with van der Waals surface area (Å²) in [5.41, 5.74) is 1.60. The van der Waals surface area contributed by atoms with Gasteiger partial charge >= 0.3 is 5.97 Å². The molecule has 0 bridgehead atoms. The highest BCUT2D eigenvalue weighted by molar-refractivity contribution is 9.10. The summed E-state index contributed by atoms with van der Waals surface area (Å²) in [5, 5.41) is 13.2. The summed E-state index contributed by atoms with van der Waals surface area (Å²) in [4.78, 5) is 28.8. The number of aliphatic imine (C=N–C) groups is 1. The number of carbonyl (C=O) groups excluding carboxylic acids is 2. The molecule has 0 fully saturated rings. The first-order valence-corrected chi connectivity index (χ1v) is 13.6. The Morgan fingerprint density at radius 1 is 1.11 bits per heavy atom. The summed E-state index contributed by atoms with van der Waals surface area (Å²) in [7, 11) is 1.55. The molecule has 0 unspecified atom stereocenters. The van der Waals surface area contributed by atoms with E-state index in [2.05, 4.69) is 39.1 Å². The van der Waals surface area contributed by atoms with Crippen molar-refractivity contribution in [2.24, 2.45) is 4.99 Å². The van der Waals surface area contributed by atoms with Gasteiger partial charge < -0.3 is 19.3 Å². The van der Waals surface area contributed by atoms with Gasteiger partial charge in [-0.05, 0) is 63.0 Å². The third-order valence-electron chi connectivity index (χ3n) is 5.70. The van der Waals surface area contributed by atoms with E-state index in [-0.39, 0.29) is 29.4 Å². The number of ether oxygens (including phenoxy) is 3. The molecule has 0 spiro atoms. The fraction of sp³-hybridized carbons (Fsp3) is 0.207. The zero-order valence-corrected chi connectivity index (χ0v) is 23.5.